The second kappa shape index (κ2) is 7.17. The Morgan fingerprint density at radius 3 is 2.55 bits per heavy atom. The molecule has 2 aliphatic heterocycles. The molecular formula is C13H27N3O3S. The fourth-order valence-electron chi connectivity index (χ4n) is 3.05. The standard InChI is InChI=1S/C13H27N3O3S/c1-14(10-11-15-7-3-4-8-15)20(17,18)16-9-5-6-13(16)12-19-2/h13H,3-12H2,1-2H3. The Bertz CT molecular complexity index is 396. The van der Waals surface area contributed by atoms with Crippen LogP contribution in [-0.2, 0) is 14.9 Å². The molecular weight excluding hydrogens is 278 g/mol. The molecule has 0 radical (unpaired) electrons. The maximum absolute atomic E-state index is 12.6. The Balaban J connectivity index is 1.90. The summed E-state index contributed by atoms with van der Waals surface area (Å²) in [5, 5.41) is 0. The highest BCUT2D eigenvalue weighted by Gasteiger charge is 2.36. The molecule has 0 N–H and O–H groups in total. The highest BCUT2D eigenvalue weighted by molar-refractivity contribution is 7.86. The van der Waals surface area contributed by atoms with Gasteiger partial charge in [0, 0.05) is 39.8 Å². The van der Waals surface area contributed by atoms with E-state index in [-0.39, 0.29) is 6.04 Å². The van der Waals surface area contributed by atoms with Gasteiger partial charge in [0.15, 0.2) is 0 Å². The minimum atomic E-state index is -3.34. The number of likely N-dealkylation sites (tertiary alicyclic amines) is 1. The number of nitrogens with zero attached hydrogens (tertiary/aromatic N) is 3. The largest absolute Gasteiger partial charge is 0.383 e. The minimum absolute atomic E-state index is 0.000707. The van der Waals surface area contributed by atoms with Gasteiger partial charge >= 0.3 is 0 Å². The van der Waals surface area contributed by atoms with Gasteiger partial charge in [0.25, 0.3) is 10.2 Å². The van der Waals surface area contributed by atoms with Crippen molar-refractivity contribution < 1.29 is 13.2 Å². The molecule has 1 atom stereocenters. The molecule has 0 bridgehead atoms. The zero-order chi connectivity index (χ0) is 14.6. The second-order valence-corrected chi connectivity index (χ2v) is 7.73. The van der Waals surface area contributed by atoms with E-state index in [0.29, 0.717) is 19.7 Å². The van der Waals surface area contributed by atoms with E-state index in [9.17, 15) is 8.42 Å². The van der Waals surface area contributed by atoms with Crippen LogP contribution in [0.25, 0.3) is 0 Å². The van der Waals surface area contributed by atoms with E-state index >= 15 is 0 Å². The van der Waals surface area contributed by atoms with Crippen LogP contribution in [0, 0.1) is 0 Å². The second-order valence-electron chi connectivity index (χ2n) is 5.74. The third kappa shape index (κ3) is 3.71. The normalized spacial score (nSPS) is 25.9. The molecule has 0 saturated carbocycles. The number of likely N-dealkylation sites (N-methyl/N-ethyl adjacent to an activating group) is 1. The van der Waals surface area contributed by atoms with Crippen molar-refractivity contribution in [3.05, 3.63) is 0 Å². The van der Waals surface area contributed by atoms with Crippen LogP contribution >= 0.6 is 0 Å². The summed E-state index contributed by atoms with van der Waals surface area (Å²) in [6.45, 7) is 4.70. The van der Waals surface area contributed by atoms with Crippen LogP contribution in [0.4, 0.5) is 0 Å². The zero-order valence-electron chi connectivity index (χ0n) is 12.6. The minimum Gasteiger partial charge on any atom is -0.383 e. The molecule has 2 aliphatic rings. The van der Waals surface area contributed by atoms with Crippen molar-refractivity contribution >= 4 is 10.2 Å². The molecule has 1 unspecified atom stereocenters. The number of ether oxygens (including phenoxy) is 1. The van der Waals surface area contributed by atoms with E-state index in [1.807, 2.05) is 0 Å². The van der Waals surface area contributed by atoms with Crippen LogP contribution in [0.5, 0.6) is 0 Å². The Labute approximate surface area is 122 Å². The maximum Gasteiger partial charge on any atom is 0.282 e. The van der Waals surface area contributed by atoms with Crippen molar-refractivity contribution in [3.63, 3.8) is 0 Å². The van der Waals surface area contributed by atoms with Crippen LogP contribution in [-0.4, -0.2) is 81.5 Å². The lowest BCUT2D eigenvalue weighted by atomic mass is 10.2. The van der Waals surface area contributed by atoms with E-state index in [2.05, 4.69) is 4.90 Å². The molecule has 0 aromatic heterocycles. The average Bonchev–Trinajstić information content (AvgIpc) is 3.07. The molecule has 2 heterocycles. The number of rotatable bonds is 7. The summed E-state index contributed by atoms with van der Waals surface area (Å²) in [5.74, 6) is 0. The van der Waals surface area contributed by atoms with Crippen LogP contribution in [0.1, 0.15) is 25.7 Å². The lowest BCUT2D eigenvalue weighted by Crippen LogP contribution is -2.47. The molecule has 6 nitrogen and oxygen atoms in total. The summed E-state index contributed by atoms with van der Waals surface area (Å²) in [7, 11) is -0.0285. The van der Waals surface area contributed by atoms with Gasteiger partial charge in [0.1, 0.15) is 0 Å². The van der Waals surface area contributed by atoms with Gasteiger partial charge in [0.2, 0.25) is 0 Å². The van der Waals surface area contributed by atoms with E-state index in [4.69, 9.17) is 4.74 Å². The summed E-state index contributed by atoms with van der Waals surface area (Å²) in [4.78, 5) is 2.34. The Kier molecular flexibility index (Phi) is 5.80. The lowest BCUT2D eigenvalue weighted by molar-refractivity contribution is 0.146. The summed E-state index contributed by atoms with van der Waals surface area (Å²) in [6, 6.07) is -0.000707. The van der Waals surface area contributed by atoms with E-state index in [1.165, 1.54) is 17.1 Å². The molecule has 2 saturated heterocycles. The third-order valence-electron chi connectivity index (χ3n) is 4.30. The zero-order valence-corrected chi connectivity index (χ0v) is 13.4. The summed E-state index contributed by atoms with van der Waals surface area (Å²) >= 11 is 0. The van der Waals surface area contributed by atoms with Gasteiger partial charge in [-0.2, -0.15) is 17.0 Å². The first-order chi connectivity index (χ1) is 9.55. The summed E-state index contributed by atoms with van der Waals surface area (Å²) in [5.41, 5.74) is 0. The molecule has 0 aliphatic carbocycles. The van der Waals surface area contributed by atoms with E-state index in [1.54, 1.807) is 18.5 Å². The smallest absolute Gasteiger partial charge is 0.282 e. The highest BCUT2D eigenvalue weighted by Crippen LogP contribution is 2.23. The fraction of sp³-hybridized carbons (Fsp3) is 1.00. The molecule has 0 aromatic rings. The number of hydrogen-bond donors (Lipinski definition) is 0. The third-order valence-corrected chi connectivity index (χ3v) is 6.35. The van der Waals surface area contributed by atoms with Gasteiger partial charge in [-0.05, 0) is 38.8 Å². The topological polar surface area (TPSA) is 53.1 Å². The number of methoxy groups -OCH3 is 1. The van der Waals surface area contributed by atoms with Crippen molar-refractivity contribution in [2.75, 3.05) is 53.5 Å². The predicted octanol–water partition coefficient (Wildman–Crippen LogP) is 0.370. The molecule has 0 amide bonds. The first-order valence-electron chi connectivity index (χ1n) is 7.50. The molecule has 2 rings (SSSR count). The van der Waals surface area contributed by atoms with Crippen LogP contribution in [0.3, 0.4) is 0 Å². The van der Waals surface area contributed by atoms with Gasteiger partial charge in [-0.3, -0.25) is 0 Å². The van der Waals surface area contributed by atoms with Gasteiger partial charge in [-0.15, -0.1) is 0 Å². The molecule has 0 spiro atoms. The number of hydrogen-bond acceptors (Lipinski definition) is 4. The molecule has 118 valence electrons. The molecule has 2 fully saturated rings. The van der Waals surface area contributed by atoms with Gasteiger partial charge in [-0.1, -0.05) is 0 Å². The monoisotopic (exact) mass is 305 g/mol. The SMILES string of the molecule is COCC1CCCN1S(=O)(=O)N(C)CCN1CCCC1. The Hall–Kier alpha value is -0.210. The lowest BCUT2D eigenvalue weighted by Gasteiger charge is -2.29. The average molecular weight is 305 g/mol. The summed E-state index contributed by atoms with van der Waals surface area (Å²) < 4.78 is 33.5. The van der Waals surface area contributed by atoms with Crippen LogP contribution in [0.15, 0.2) is 0 Å². The Morgan fingerprint density at radius 1 is 1.20 bits per heavy atom. The van der Waals surface area contributed by atoms with Crippen molar-refractivity contribution in [1.29, 1.82) is 0 Å². The molecule has 20 heavy (non-hydrogen) atoms. The predicted molar refractivity (Wildman–Crippen MR) is 78.8 cm³/mol. The van der Waals surface area contributed by atoms with Gasteiger partial charge < -0.3 is 9.64 Å². The van der Waals surface area contributed by atoms with Crippen LogP contribution in [0.2, 0.25) is 0 Å². The molecule has 0 aromatic carbocycles. The quantitative estimate of drug-likeness (QED) is 0.682. The van der Waals surface area contributed by atoms with Crippen molar-refractivity contribution in [3.8, 4) is 0 Å². The van der Waals surface area contributed by atoms with Gasteiger partial charge in [-0.25, -0.2) is 0 Å². The van der Waals surface area contributed by atoms with Crippen molar-refractivity contribution in [2.24, 2.45) is 0 Å². The highest BCUT2D eigenvalue weighted by atomic mass is 32.2. The molecule has 7 heteroatoms. The first kappa shape index (κ1) is 16.2. The Morgan fingerprint density at radius 2 is 1.90 bits per heavy atom. The van der Waals surface area contributed by atoms with Crippen LogP contribution < -0.4 is 0 Å². The first-order valence-corrected chi connectivity index (χ1v) is 8.90. The summed E-state index contributed by atoms with van der Waals surface area (Å²) in [6.07, 6.45) is 4.29. The fourth-order valence-corrected chi connectivity index (χ4v) is 4.63. The van der Waals surface area contributed by atoms with Gasteiger partial charge in [0.05, 0.1) is 6.61 Å². The van der Waals surface area contributed by atoms with Crippen molar-refractivity contribution in [2.45, 2.75) is 31.7 Å². The van der Waals surface area contributed by atoms with E-state index in [0.717, 1.165) is 32.5 Å². The van der Waals surface area contributed by atoms with E-state index < -0.39 is 10.2 Å². The van der Waals surface area contributed by atoms with Crippen molar-refractivity contribution in [1.82, 2.24) is 13.5 Å². The maximum atomic E-state index is 12.6.